The predicted octanol–water partition coefficient (Wildman–Crippen LogP) is 5.91. The number of benzene rings is 2. The number of nitrogens with zero attached hydrogens (tertiary/aromatic N) is 3. The van der Waals surface area contributed by atoms with E-state index in [2.05, 4.69) is 15.4 Å². The van der Waals surface area contributed by atoms with Gasteiger partial charge in [-0.25, -0.2) is 14.4 Å². The maximum atomic E-state index is 13.4. The number of hydrogen-bond acceptors (Lipinski definition) is 5. The van der Waals surface area contributed by atoms with Crippen LogP contribution in [-0.4, -0.2) is 17.0 Å². The van der Waals surface area contributed by atoms with Crippen molar-refractivity contribution in [3.63, 3.8) is 0 Å². The molecule has 0 spiro atoms. The molecule has 12 heteroatoms. The summed E-state index contributed by atoms with van der Waals surface area (Å²) < 4.78 is 95.1. The Morgan fingerprint density at radius 3 is 2.16 bits per heavy atom. The first-order valence-corrected chi connectivity index (χ1v) is 8.48. The molecule has 31 heavy (non-hydrogen) atoms. The van der Waals surface area contributed by atoms with Crippen molar-refractivity contribution in [2.45, 2.75) is 12.4 Å². The van der Waals surface area contributed by atoms with Crippen molar-refractivity contribution < 1.29 is 35.5 Å². The van der Waals surface area contributed by atoms with Gasteiger partial charge >= 0.3 is 12.4 Å². The molecule has 0 aliphatic rings. The van der Waals surface area contributed by atoms with Crippen molar-refractivity contribution >= 4 is 11.5 Å². The summed E-state index contributed by atoms with van der Waals surface area (Å²) in [7, 11) is 1.51. The lowest BCUT2D eigenvalue weighted by Gasteiger charge is -2.21. The smallest absolute Gasteiger partial charge is 0.419 e. The van der Waals surface area contributed by atoms with E-state index < -0.39 is 29.3 Å². The SMILES string of the molecule is CN(Nc1cc(Oc2ccc(F)c(C(F)(F)F)c2)ncn1)c1ccc(C(F)(F)F)cc1. The molecule has 164 valence electrons. The minimum absolute atomic E-state index is 0.141. The maximum Gasteiger partial charge on any atom is 0.419 e. The number of halogens is 7. The molecule has 5 nitrogen and oxygen atoms in total. The van der Waals surface area contributed by atoms with Gasteiger partial charge in [0.05, 0.1) is 16.8 Å². The van der Waals surface area contributed by atoms with Crippen LogP contribution >= 0.6 is 0 Å². The summed E-state index contributed by atoms with van der Waals surface area (Å²) in [5, 5.41) is 1.37. The van der Waals surface area contributed by atoms with Crippen molar-refractivity contribution in [3.05, 3.63) is 71.8 Å². The van der Waals surface area contributed by atoms with E-state index in [0.717, 1.165) is 24.5 Å². The maximum absolute atomic E-state index is 13.4. The minimum atomic E-state index is -4.90. The fraction of sp³-hybridized carbons (Fsp3) is 0.158. The van der Waals surface area contributed by atoms with Crippen LogP contribution in [0.3, 0.4) is 0 Å². The van der Waals surface area contributed by atoms with Gasteiger partial charge in [-0.2, -0.15) is 26.3 Å². The van der Waals surface area contributed by atoms with E-state index in [-0.39, 0.29) is 17.4 Å². The molecule has 0 unspecified atom stereocenters. The summed E-state index contributed by atoms with van der Waals surface area (Å²) in [5.41, 5.74) is 0.853. The summed E-state index contributed by atoms with van der Waals surface area (Å²) in [6, 6.07) is 7.68. The third-order valence-electron chi connectivity index (χ3n) is 3.97. The molecule has 1 heterocycles. The Hall–Kier alpha value is -3.57. The number of nitrogens with one attached hydrogen (secondary N) is 1. The van der Waals surface area contributed by atoms with E-state index in [1.807, 2.05) is 0 Å². The first-order valence-electron chi connectivity index (χ1n) is 8.48. The number of anilines is 2. The molecule has 0 amide bonds. The number of aromatic nitrogens is 2. The van der Waals surface area contributed by atoms with Crippen LogP contribution in [0.25, 0.3) is 0 Å². The Kier molecular flexibility index (Phi) is 5.91. The lowest BCUT2D eigenvalue weighted by atomic mass is 10.2. The topological polar surface area (TPSA) is 50.3 Å². The average Bonchev–Trinajstić information content (AvgIpc) is 2.68. The van der Waals surface area contributed by atoms with E-state index in [0.29, 0.717) is 17.8 Å². The number of ether oxygens (including phenoxy) is 1. The van der Waals surface area contributed by atoms with Crippen LogP contribution in [0, 0.1) is 5.82 Å². The van der Waals surface area contributed by atoms with Gasteiger partial charge in [0.15, 0.2) is 5.82 Å². The largest absolute Gasteiger partial charge is 0.439 e. The zero-order chi connectivity index (χ0) is 22.8. The highest BCUT2D eigenvalue weighted by atomic mass is 19.4. The van der Waals surface area contributed by atoms with Crippen LogP contribution in [-0.2, 0) is 12.4 Å². The van der Waals surface area contributed by atoms with Gasteiger partial charge in [-0.3, -0.25) is 10.4 Å². The van der Waals surface area contributed by atoms with Crippen molar-refractivity contribution in [1.82, 2.24) is 9.97 Å². The molecule has 0 fully saturated rings. The zero-order valence-corrected chi connectivity index (χ0v) is 15.6. The fourth-order valence-corrected chi connectivity index (χ4v) is 2.47. The molecule has 2 aromatic carbocycles. The van der Waals surface area contributed by atoms with Gasteiger partial charge in [0.25, 0.3) is 0 Å². The predicted molar refractivity (Wildman–Crippen MR) is 97.0 cm³/mol. The van der Waals surface area contributed by atoms with Gasteiger partial charge in [-0.1, -0.05) is 0 Å². The van der Waals surface area contributed by atoms with Crippen LogP contribution in [0.2, 0.25) is 0 Å². The Labute approximate surface area is 171 Å². The monoisotopic (exact) mass is 446 g/mol. The van der Waals surface area contributed by atoms with E-state index >= 15 is 0 Å². The van der Waals surface area contributed by atoms with Crippen molar-refractivity contribution in [2.75, 3.05) is 17.5 Å². The molecule has 0 saturated heterocycles. The summed E-state index contributed by atoms with van der Waals surface area (Å²) in [5.74, 6) is -1.74. The van der Waals surface area contributed by atoms with E-state index in [1.165, 1.54) is 30.3 Å². The molecule has 0 atom stereocenters. The molecular formula is C19H13F7N4O. The van der Waals surface area contributed by atoms with Gasteiger partial charge in [-0.05, 0) is 42.5 Å². The van der Waals surface area contributed by atoms with Crippen molar-refractivity contribution in [1.29, 1.82) is 0 Å². The second kappa shape index (κ2) is 8.28. The molecule has 3 rings (SSSR count). The second-order valence-electron chi connectivity index (χ2n) is 6.20. The number of rotatable bonds is 5. The van der Waals surface area contributed by atoms with Crippen molar-refractivity contribution in [3.8, 4) is 11.6 Å². The minimum Gasteiger partial charge on any atom is -0.439 e. The molecule has 1 N–H and O–H groups in total. The quantitative estimate of drug-likeness (QED) is 0.390. The second-order valence-corrected chi connectivity index (χ2v) is 6.20. The zero-order valence-electron chi connectivity index (χ0n) is 15.6. The molecule has 0 radical (unpaired) electrons. The summed E-state index contributed by atoms with van der Waals surface area (Å²) in [6.07, 6.45) is -8.30. The van der Waals surface area contributed by atoms with E-state index in [4.69, 9.17) is 4.74 Å². The van der Waals surface area contributed by atoms with Crippen molar-refractivity contribution in [2.24, 2.45) is 0 Å². The number of hydrogen-bond donors (Lipinski definition) is 1. The third-order valence-corrected chi connectivity index (χ3v) is 3.97. The molecule has 0 bridgehead atoms. The molecular weight excluding hydrogens is 433 g/mol. The van der Waals surface area contributed by atoms with Crippen LogP contribution in [0.15, 0.2) is 54.9 Å². The highest BCUT2D eigenvalue weighted by Crippen LogP contribution is 2.35. The van der Waals surface area contributed by atoms with Crippen LogP contribution in [0.4, 0.5) is 42.2 Å². The van der Waals surface area contributed by atoms with Gasteiger partial charge in [0.1, 0.15) is 17.9 Å². The summed E-state index contributed by atoms with van der Waals surface area (Å²) >= 11 is 0. The molecule has 1 aromatic heterocycles. The number of alkyl halides is 6. The van der Waals surface area contributed by atoms with Gasteiger partial charge in [-0.15, -0.1) is 0 Å². The first kappa shape index (κ1) is 22.1. The van der Waals surface area contributed by atoms with Gasteiger partial charge in [0.2, 0.25) is 5.88 Å². The Balaban J connectivity index is 1.73. The van der Waals surface area contributed by atoms with E-state index in [9.17, 15) is 30.7 Å². The standard InChI is InChI=1S/C19H13F7N4O/c1-30(12-4-2-11(3-5-12)18(21,22)23)29-16-9-17(28-10-27-16)31-13-6-7-15(20)14(8-13)19(24,25)26/h2-10H,1H3,(H,27,28,29). The van der Waals surface area contributed by atoms with Crippen LogP contribution in [0.1, 0.15) is 11.1 Å². The molecule has 0 aliphatic carbocycles. The summed E-state index contributed by atoms with van der Waals surface area (Å²) in [6.45, 7) is 0. The Bertz CT molecular complexity index is 1050. The lowest BCUT2D eigenvalue weighted by molar-refractivity contribution is -0.140. The van der Waals surface area contributed by atoms with Crippen LogP contribution in [0.5, 0.6) is 11.6 Å². The van der Waals surface area contributed by atoms with Crippen LogP contribution < -0.4 is 15.2 Å². The Morgan fingerprint density at radius 1 is 0.871 bits per heavy atom. The first-order chi connectivity index (χ1) is 14.4. The normalized spacial score (nSPS) is 11.9. The van der Waals surface area contributed by atoms with E-state index in [1.54, 1.807) is 0 Å². The lowest BCUT2D eigenvalue weighted by Crippen LogP contribution is -2.25. The highest BCUT2D eigenvalue weighted by molar-refractivity contribution is 5.53. The van der Waals surface area contributed by atoms with Gasteiger partial charge in [0, 0.05) is 13.1 Å². The number of hydrazine groups is 1. The third kappa shape index (κ3) is 5.53. The van der Waals surface area contributed by atoms with Gasteiger partial charge < -0.3 is 4.74 Å². The molecule has 0 saturated carbocycles. The average molecular weight is 446 g/mol. The molecule has 3 aromatic rings. The fourth-order valence-electron chi connectivity index (χ4n) is 2.47. The molecule has 0 aliphatic heterocycles. The highest BCUT2D eigenvalue weighted by Gasteiger charge is 2.34. The summed E-state index contributed by atoms with van der Waals surface area (Å²) in [4.78, 5) is 7.69. The Morgan fingerprint density at radius 2 is 1.55 bits per heavy atom.